The number of amidine groups is 1. The van der Waals surface area contributed by atoms with Crippen molar-refractivity contribution < 1.29 is 35.6 Å². The second-order valence-electron chi connectivity index (χ2n) is 5.57. The quantitative estimate of drug-likeness (QED) is 0.241. The normalized spacial score (nSPS) is 13.0. The van der Waals surface area contributed by atoms with E-state index >= 15 is 0 Å². The van der Waals surface area contributed by atoms with Crippen LogP contribution in [-0.4, -0.2) is 61.3 Å². The van der Waals surface area contributed by atoms with Gasteiger partial charge in [0, 0.05) is 20.6 Å². The molecule has 1 aromatic carbocycles. The Morgan fingerprint density at radius 1 is 1.34 bits per heavy atom. The molecule has 160 valence electrons. The monoisotopic (exact) mass is 438 g/mol. The predicted octanol–water partition coefficient (Wildman–Crippen LogP) is 1.38. The average molecular weight is 438 g/mol. The molecule has 1 heterocycles. The van der Waals surface area contributed by atoms with Gasteiger partial charge < -0.3 is 5.32 Å². The van der Waals surface area contributed by atoms with Gasteiger partial charge in [-0.15, -0.1) is 0 Å². The molecule has 0 aliphatic heterocycles. The summed E-state index contributed by atoms with van der Waals surface area (Å²) < 4.78 is 71.6. The van der Waals surface area contributed by atoms with Crippen LogP contribution in [0.15, 0.2) is 33.9 Å². The minimum absolute atomic E-state index is 0.0451. The molecule has 2 rings (SSSR count). The summed E-state index contributed by atoms with van der Waals surface area (Å²) in [5.41, 5.74) is 0.517. The number of hydroxylamine groups is 1. The number of hydrogen-bond donors (Lipinski definition) is 3. The fourth-order valence-corrected chi connectivity index (χ4v) is 2.40. The Balaban J connectivity index is 2.14. The minimum Gasteiger partial charge on any atom is -0.363 e. The van der Waals surface area contributed by atoms with E-state index in [0.717, 1.165) is 22.5 Å². The molecule has 0 aliphatic rings. The maximum absolute atomic E-state index is 12.8. The second kappa shape index (κ2) is 9.17. The van der Waals surface area contributed by atoms with Gasteiger partial charge in [0.25, 0.3) is 0 Å². The Bertz CT molecular complexity index is 961. The lowest BCUT2D eigenvalue weighted by molar-refractivity contribution is -0.137. The fraction of sp³-hybridized carbons (Fsp3) is 0.357. The van der Waals surface area contributed by atoms with Gasteiger partial charge >= 0.3 is 16.5 Å². The molecule has 15 heteroatoms. The number of benzene rings is 1. The van der Waals surface area contributed by atoms with Crippen molar-refractivity contribution >= 4 is 27.6 Å². The summed E-state index contributed by atoms with van der Waals surface area (Å²) in [5.74, 6) is -0.405. The lowest BCUT2D eigenvalue weighted by atomic mass is 10.2. The van der Waals surface area contributed by atoms with E-state index in [-0.39, 0.29) is 36.2 Å². The summed E-state index contributed by atoms with van der Waals surface area (Å²) in [6.07, 6.45) is -4.56. The minimum atomic E-state index is -4.56. The van der Waals surface area contributed by atoms with Crippen molar-refractivity contribution in [2.45, 2.75) is 6.18 Å². The highest BCUT2D eigenvalue weighted by Crippen LogP contribution is 2.31. The largest absolute Gasteiger partial charge is 0.416 e. The van der Waals surface area contributed by atoms with E-state index in [2.05, 4.69) is 25.3 Å². The van der Waals surface area contributed by atoms with Gasteiger partial charge in [0.05, 0.1) is 17.9 Å². The first-order valence-corrected chi connectivity index (χ1v) is 9.21. The highest BCUT2D eigenvalue weighted by atomic mass is 32.2. The van der Waals surface area contributed by atoms with Gasteiger partial charge in [-0.25, -0.2) is 9.62 Å². The van der Waals surface area contributed by atoms with Crippen molar-refractivity contribution in [1.82, 2.24) is 20.1 Å². The maximum atomic E-state index is 12.8. The summed E-state index contributed by atoms with van der Waals surface area (Å²) in [6.45, 7) is -0.310. The molecule has 0 unspecified atom stereocenters. The Kier molecular flexibility index (Phi) is 7.12. The van der Waals surface area contributed by atoms with Crippen molar-refractivity contribution in [2.24, 2.45) is 4.99 Å². The van der Waals surface area contributed by atoms with Crippen molar-refractivity contribution in [3.05, 3.63) is 35.5 Å². The summed E-state index contributed by atoms with van der Waals surface area (Å²) in [4.78, 5) is 3.86. The van der Waals surface area contributed by atoms with Gasteiger partial charge in [-0.1, -0.05) is 6.07 Å². The number of halogens is 3. The zero-order chi connectivity index (χ0) is 21.7. The number of nitrogens with zero attached hydrogens (tertiary/aromatic N) is 4. The van der Waals surface area contributed by atoms with Gasteiger partial charge in [0.1, 0.15) is 0 Å². The zero-order valence-corrected chi connectivity index (χ0v) is 16.0. The van der Waals surface area contributed by atoms with Gasteiger partial charge in [-0.2, -0.15) is 25.9 Å². The highest BCUT2D eigenvalue weighted by Gasteiger charge is 2.30. The van der Waals surface area contributed by atoms with Gasteiger partial charge in [0.15, 0.2) is 11.5 Å². The number of hydrogen-bond acceptors (Lipinski definition) is 9. The number of aliphatic imine (C=N–C) groups is 1. The van der Waals surface area contributed by atoms with Crippen LogP contribution < -0.4 is 10.8 Å². The van der Waals surface area contributed by atoms with Gasteiger partial charge in [-0.05, 0) is 28.5 Å². The smallest absolute Gasteiger partial charge is 0.363 e. The van der Waals surface area contributed by atoms with Crippen LogP contribution in [0.1, 0.15) is 11.3 Å². The van der Waals surface area contributed by atoms with E-state index in [1.54, 1.807) is 5.48 Å². The molecule has 0 fully saturated rings. The maximum Gasteiger partial charge on any atom is 0.416 e. The Labute approximate surface area is 163 Å². The Morgan fingerprint density at radius 3 is 2.69 bits per heavy atom. The first-order valence-electron chi connectivity index (χ1n) is 7.84. The van der Waals surface area contributed by atoms with E-state index in [4.69, 9.17) is 4.18 Å². The molecule has 11 nitrogen and oxygen atoms in total. The van der Waals surface area contributed by atoms with Crippen LogP contribution in [0.4, 0.5) is 24.7 Å². The molecule has 0 radical (unpaired) electrons. The Morgan fingerprint density at radius 2 is 2.07 bits per heavy atom. The molecule has 0 saturated carbocycles. The molecule has 0 saturated heterocycles. The van der Waals surface area contributed by atoms with Crippen LogP contribution >= 0.6 is 0 Å². The van der Waals surface area contributed by atoms with E-state index < -0.39 is 22.0 Å². The number of alkyl halides is 3. The van der Waals surface area contributed by atoms with Gasteiger partial charge in [0.2, 0.25) is 5.82 Å². The number of nitrogens with one attached hydrogen (secondary N) is 2. The average Bonchev–Trinajstić information content (AvgIpc) is 3.11. The van der Waals surface area contributed by atoms with Crippen molar-refractivity contribution in [1.29, 1.82) is 0 Å². The third kappa shape index (κ3) is 6.11. The van der Waals surface area contributed by atoms with Gasteiger partial charge in [-0.3, -0.25) is 14.9 Å². The first-order chi connectivity index (χ1) is 13.5. The third-order valence-corrected chi connectivity index (χ3v) is 4.67. The van der Waals surface area contributed by atoms with Crippen molar-refractivity contribution in [2.75, 3.05) is 32.6 Å². The molecular formula is C14H17F3N6O5S. The lowest BCUT2D eigenvalue weighted by Crippen LogP contribution is -2.27. The SMILES string of the molecule is CN(C)S(=O)(=O)OCCNc1nonc1C(=Nc1cccc(C(F)(F)F)c1)NO. The zero-order valence-electron chi connectivity index (χ0n) is 15.1. The van der Waals surface area contributed by atoms with Crippen LogP contribution in [0.3, 0.4) is 0 Å². The molecular weight excluding hydrogens is 421 g/mol. The summed E-state index contributed by atoms with van der Waals surface area (Å²) in [7, 11) is -1.27. The molecule has 0 aliphatic carbocycles. The summed E-state index contributed by atoms with van der Waals surface area (Å²) in [6, 6.07) is 4.09. The van der Waals surface area contributed by atoms with Crippen LogP contribution in [0, 0.1) is 0 Å². The van der Waals surface area contributed by atoms with Crippen LogP contribution in [0.2, 0.25) is 0 Å². The van der Waals surface area contributed by atoms with E-state index in [0.29, 0.717) is 0 Å². The first kappa shape index (κ1) is 22.5. The van der Waals surface area contributed by atoms with E-state index in [1.165, 1.54) is 20.2 Å². The molecule has 1 aromatic heterocycles. The molecule has 0 bridgehead atoms. The van der Waals surface area contributed by atoms with Crippen LogP contribution in [0.5, 0.6) is 0 Å². The standard InChI is InChI=1S/C14H17F3N6O5S/c1-23(2)29(25,26)27-7-6-18-12-11(21-28-22-12)13(20-24)19-10-5-3-4-9(8-10)14(15,16)17/h3-5,8,24H,6-7H2,1-2H3,(H,18,22)(H,19,20). The Hall–Kier alpha value is -2.75. The predicted molar refractivity (Wildman–Crippen MR) is 93.9 cm³/mol. The fourth-order valence-electron chi connectivity index (χ4n) is 1.89. The van der Waals surface area contributed by atoms with Crippen LogP contribution in [-0.2, 0) is 20.7 Å². The van der Waals surface area contributed by atoms with E-state index in [9.17, 15) is 26.8 Å². The number of rotatable bonds is 8. The van der Waals surface area contributed by atoms with Crippen molar-refractivity contribution in [3.8, 4) is 0 Å². The molecule has 3 N–H and O–H groups in total. The summed E-state index contributed by atoms with van der Waals surface area (Å²) >= 11 is 0. The molecule has 2 aromatic rings. The molecule has 0 amide bonds. The number of aromatic nitrogens is 2. The topological polar surface area (TPSA) is 142 Å². The molecule has 0 atom stereocenters. The second-order valence-corrected chi connectivity index (χ2v) is 7.39. The van der Waals surface area contributed by atoms with E-state index in [1.807, 2.05) is 0 Å². The van der Waals surface area contributed by atoms with Crippen LogP contribution in [0.25, 0.3) is 0 Å². The molecule has 0 spiro atoms. The molecule has 29 heavy (non-hydrogen) atoms. The summed E-state index contributed by atoms with van der Waals surface area (Å²) in [5, 5.41) is 19.0. The third-order valence-electron chi connectivity index (χ3n) is 3.31. The number of anilines is 1. The highest BCUT2D eigenvalue weighted by molar-refractivity contribution is 7.84. The van der Waals surface area contributed by atoms with Crippen molar-refractivity contribution in [3.63, 3.8) is 0 Å². The lowest BCUT2D eigenvalue weighted by Gasteiger charge is -2.11.